The van der Waals surface area contributed by atoms with E-state index in [2.05, 4.69) is 30.2 Å². The van der Waals surface area contributed by atoms with E-state index < -0.39 is 5.82 Å². The quantitative estimate of drug-likeness (QED) is 0.398. The maximum absolute atomic E-state index is 15.1. The molecule has 0 aliphatic carbocycles. The van der Waals surface area contributed by atoms with E-state index in [9.17, 15) is 0 Å². The summed E-state index contributed by atoms with van der Waals surface area (Å²) >= 11 is 0. The normalized spacial score (nSPS) is 13.8. The van der Waals surface area contributed by atoms with E-state index in [-0.39, 0.29) is 0 Å². The van der Waals surface area contributed by atoms with Gasteiger partial charge in [-0.25, -0.2) is 19.3 Å². The number of hydrogen-bond acceptors (Lipinski definition) is 9. The smallest absolute Gasteiger partial charge is 0.227 e. The minimum absolute atomic E-state index is 0.349. The average molecular weight is 490 g/mol. The molecule has 5 rings (SSSR count). The molecule has 9 nitrogen and oxygen atoms in total. The molecule has 1 saturated heterocycles. The van der Waals surface area contributed by atoms with Crippen LogP contribution in [0, 0.1) is 5.82 Å². The highest BCUT2D eigenvalue weighted by molar-refractivity contribution is 5.91. The fraction of sp³-hybridized carbons (Fsp3) is 0.308. The van der Waals surface area contributed by atoms with Crippen molar-refractivity contribution < 1.29 is 13.9 Å². The molecule has 0 saturated carbocycles. The standard InChI is InChI=1S/C26H28FN7O2/c1-33(2)9-14-36-20-4-5-21(22(27)15-20)25-24-18(7-8-28-25)16-30-26(32-24)31-19-3-6-23(29-17-19)34-10-12-35-13-11-34/h3-8,15-17H,9-14H2,1-2H3,(H,30,31,32). The molecule has 10 heteroatoms. The first kappa shape index (κ1) is 23.8. The summed E-state index contributed by atoms with van der Waals surface area (Å²) in [7, 11) is 3.92. The lowest BCUT2D eigenvalue weighted by Crippen LogP contribution is -2.36. The monoisotopic (exact) mass is 489 g/mol. The SMILES string of the molecule is CN(C)CCOc1ccc(-c2nccc3cnc(Nc4ccc(N5CCOCC5)nc4)nc23)c(F)c1. The van der Waals surface area contributed by atoms with Crippen molar-refractivity contribution in [1.29, 1.82) is 0 Å². The Kier molecular flexibility index (Phi) is 7.15. The molecule has 1 fully saturated rings. The van der Waals surface area contributed by atoms with E-state index in [0.29, 0.717) is 48.3 Å². The van der Waals surface area contributed by atoms with Crippen LogP contribution in [0.1, 0.15) is 0 Å². The first-order chi connectivity index (χ1) is 17.6. The van der Waals surface area contributed by atoms with Gasteiger partial charge in [0.2, 0.25) is 5.95 Å². The highest BCUT2D eigenvalue weighted by atomic mass is 19.1. The molecule has 4 aromatic rings. The van der Waals surface area contributed by atoms with Crippen molar-refractivity contribution >= 4 is 28.4 Å². The second-order valence-corrected chi connectivity index (χ2v) is 8.71. The molecule has 1 aliphatic heterocycles. The Bertz CT molecular complexity index is 1330. The topological polar surface area (TPSA) is 88.5 Å². The van der Waals surface area contributed by atoms with E-state index >= 15 is 4.39 Å². The highest BCUT2D eigenvalue weighted by Crippen LogP contribution is 2.30. The first-order valence-electron chi connectivity index (χ1n) is 11.8. The molecule has 4 heterocycles. The summed E-state index contributed by atoms with van der Waals surface area (Å²) < 4.78 is 26.1. The number of ether oxygens (including phenoxy) is 2. The molecule has 1 N–H and O–H groups in total. The number of fused-ring (bicyclic) bond motifs is 1. The number of hydrogen-bond donors (Lipinski definition) is 1. The number of nitrogens with zero attached hydrogens (tertiary/aromatic N) is 6. The summed E-state index contributed by atoms with van der Waals surface area (Å²) in [6.07, 6.45) is 5.07. The molecular weight excluding hydrogens is 461 g/mol. The zero-order chi connectivity index (χ0) is 24.9. The number of pyridine rings is 2. The van der Waals surface area contributed by atoms with Gasteiger partial charge >= 0.3 is 0 Å². The van der Waals surface area contributed by atoms with Crippen molar-refractivity contribution in [2.75, 3.05) is 63.8 Å². The van der Waals surface area contributed by atoms with Crippen LogP contribution in [0.25, 0.3) is 22.2 Å². The van der Waals surface area contributed by atoms with Gasteiger partial charge in [0.25, 0.3) is 0 Å². The summed E-state index contributed by atoms with van der Waals surface area (Å²) in [5, 5.41) is 3.95. The molecule has 0 bridgehead atoms. The summed E-state index contributed by atoms with van der Waals surface area (Å²) in [6.45, 7) is 4.27. The number of nitrogens with one attached hydrogen (secondary N) is 1. The van der Waals surface area contributed by atoms with Gasteiger partial charge in [-0.3, -0.25) is 4.98 Å². The molecular formula is C26H28FN7O2. The largest absolute Gasteiger partial charge is 0.492 e. The molecule has 3 aromatic heterocycles. The van der Waals surface area contributed by atoms with Gasteiger partial charge in [0, 0.05) is 49.0 Å². The lowest BCUT2D eigenvalue weighted by atomic mass is 10.1. The molecule has 186 valence electrons. The van der Waals surface area contributed by atoms with Crippen molar-refractivity contribution in [3.63, 3.8) is 0 Å². The third-order valence-corrected chi connectivity index (χ3v) is 5.84. The van der Waals surface area contributed by atoms with Crippen LogP contribution in [0.2, 0.25) is 0 Å². The molecule has 0 amide bonds. The summed E-state index contributed by atoms with van der Waals surface area (Å²) in [5.41, 5.74) is 2.09. The van der Waals surface area contributed by atoms with Crippen molar-refractivity contribution in [2.45, 2.75) is 0 Å². The van der Waals surface area contributed by atoms with Crippen LogP contribution < -0.4 is 15.0 Å². The van der Waals surface area contributed by atoms with Gasteiger partial charge in [0.05, 0.1) is 30.8 Å². The van der Waals surface area contributed by atoms with E-state index in [0.717, 1.165) is 36.5 Å². The van der Waals surface area contributed by atoms with Crippen molar-refractivity contribution in [1.82, 2.24) is 24.8 Å². The van der Waals surface area contributed by atoms with Gasteiger partial charge in [0.15, 0.2) is 0 Å². The molecule has 0 unspecified atom stereocenters. The molecule has 0 atom stereocenters. The Labute approximate surface area is 208 Å². The highest BCUT2D eigenvalue weighted by Gasteiger charge is 2.15. The van der Waals surface area contributed by atoms with Crippen LogP contribution in [0.15, 0.2) is 55.0 Å². The van der Waals surface area contributed by atoms with Crippen LogP contribution in [0.4, 0.5) is 21.8 Å². The molecule has 0 radical (unpaired) electrons. The minimum Gasteiger partial charge on any atom is -0.492 e. The van der Waals surface area contributed by atoms with E-state index in [1.165, 1.54) is 6.07 Å². The number of rotatable bonds is 8. The van der Waals surface area contributed by atoms with Crippen molar-refractivity contribution in [3.05, 3.63) is 60.8 Å². The summed E-state index contributed by atoms with van der Waals surface area (Å²) in [4.78, 5) is 22.2. The third-order valence-electron chi connectivity index (χ3n) is 5.84. The Balaban J connectivity index is 1.37. The number of morpholine rings is 1. The fourth-order valence-corrected chi connectivity index (χ4v) is 3.91. The number of aromatic nitrogens is 4. The van der Waals surface area contributed by atoms with Crippen LogP contribution >= 0.6 is 0 Å². The van der Waals surface area contributed by atoms with Gasteiger partial charge < -0.3 is 24.6 Å². The van der Waals surface area contributed by atoms with Crippen molar-refractivity contribution in [3.8, 4) is 17.0 Å². The Morgan fingerprint density at radius 2 is 1.92 bits per heavy atom. The number of halogens is 1. The maximum Gasteiger partial charge on any atom is 0.227 e. The maximum atomic E-state index is 15.1. The molecule has 36 heavy (non-hydrogen) atoms. The molecule has 1 aliphatic rings. The lowest BCUT2D eigenvalue weighted by molar-refractivity contribution is 0.122. The minimum atomic E-state index is -0.423. The number of benzene rings is 1. The first-order valence-corrected chi connectivity index (χ1v) is 11.8. The lowest BCUT2D eigenvalue weighted by Gasteiger charge is -2.27. The fourth-order valence-electron chi connectivity index (χ4n) is 3.91. The third kappa shape index (κ3) is 5.50. The van der Waals surface area contributed by atoms with Crippen LogP contribution in [-0.4, -0.2) is 78.4 Å². The predicted molar refractivity (Wildman–Crippen MR) is 137 cm³/mol. The zero-order valence-electron chi connectivity index (χ0n) is 20.3. The van der Waals surface area contributed by atoms with Gasteiger partial charge in [-0.05, 0) is 44.4 Å². The Morgan fingerprint density at radius 1 is 1.06 bits per heavy atom. The summed E-state index contributed by atoms with van der Waals surface area (Å²) in [5.74, 6) is 1.33. The van der Waals surface area contributed by atoms with Gasteiger partial charge in [-0.15, -0.1) is 0 Å². The Morgan fingerprint density at radius 3 is 2.67 bits per heavy atom. The number of likely N-dealkylation sites (N-methyl/N-ethyl adjacent to an activating group) is 1. The van der Waals surface area contributed by atoms with Gasteiger partial charge in [-0.1, -0.05) is 0 Å². The van der Waals surface area contributed by atoms with Crippen LogP contribution in [0.3, 0.4) is 0 Å². The van der Waals surface area contributed by atoms with Crippen molar-refractivity contribution in [2.24, 2.45) is 0 Å². The Hall–Kier alpha value is -3.89. The molecule has 0 spiro atoms. The van der Waals surface area contributed by atoms with Gasteiger partial charge in [0.1, 0.15) is 29.5 Å². The second kappa shape index (κ2) is 10.8. The van der Waals surface area contributed by atoms with E-state index in [4.69, 9.17) is 9.47 Å². The summed E-state index contributed by atoms with van der Waals surface area (Å²) in [6, 6.07) is 10.5. The zero-order valence-corrected chi connectivity index (χ0v) is 20.3. The van der Waals surface area contributed by atoms with E-state index in [1.54, 1.807) is 36.8 Å². The van der Waals surface area contributed by atoms with Crippen LogP contribution in [0.5, 0.6) is 5.75 Å². The van der Waals surface area contributed by atoms with Gasteiger partial charge in [-0.2, -0.15) is 0 Å². The average Bonchev–Trinajstić information content (AvgIpc) is 2.89. The van der Waals surface area contributed by atoms with Crippen LogP contribution in [-0.2, 0) is 4.74 Å². The van der Waals surface area contributed by atoms with E-state index in [1.807, 2.05) is 31.1 Å². The second-order valence-electron chi connectivity index (χ2n) is 8.71. The predicted octanol–water partition coefficient (Wildman–Crippen LogP) is 3.75. The molecule has 1 aromatic carbocycles. The number of anilines is 3.